The highest BCUT2D eigenvalue weighted by molar-refractivity contribution is 7.91. The maximum atomic E-state index is 11.7. The number of alkyl carbamates (subject to hydrolysis) is 1. The molecule has 0 aromatic rings. The minimum atomic E-state index is -3.01. The van der Waals surface area contributed by atoms with E-state index in [-0.39, 0.29) is 11.5 Å². The highest BCUT2D eigenvalue weighted by atomic mass is 32.2. The monoisotopic (exact) mass is 347 g/mol. The average Bonchev–Trinajstić information content (AvgIpc) is 2.74. The highest BCUT2D eigenvalue weighted by Crippen LogP contribution is 2.22. The lowest BCUT2D eigenvalue weighted by Crippen LogP contribution is -2.47. The lowest BCUT2D eigenvalue weighted by molar-refractivity contribution is 0.134. The first kappa shape index (κ1) is 20.3. The van der Waals surface area contributed by atoms with Crippen molar-refractivity contribution in [1.82, 2.24) is 5.32 Å². The Bertz CT molecular complexity index is 450. The standard InChI is InChI=1S/C17H33NO4S/c1-3-4-5-6-7-8-9-10-11-13-22-16(19)18-17(2)12-14-23(20,21)15-17/h3-15H2,1-2H3,(H,18,19). The van der Waals surface area contributed by atoms with E-state index < -0.39 is 21.5 Å². The first-order chi connectivity index (χ1) is 10.9. The quantitative estimate of drug-likeness (QED) is 0.577. The van der Waals surface area contributed by atoms with Gasteiger partial charge in [-0.1, -0.05) is 58.3 Å². The summed E-state index contributed by atoms with van der Waals surface area (Å²) in [5.41, 5.74) is -0.672. The van der Waals surface area contributed by atoms with Gasteiger partial charge in [-0.3, -0.25) is 0 Å². The van der Waals surface area contributed by atoms with E-state index in [4.69, 9.17) is 4.74 Å². The molecule has 1 heterocycles. The molecule has 1 amide bonds. The van der Waals surface area contributed by atoms with Gasteiger partial charge in [0, 0.05) is 0 Å². The Kier molecular flexibility index (Phi) is 8.95. The van der Waals surface area contributed by atoms with Crippen LogP contribution in [0.2, 0.25) is 0 Å². The molecule has 0 aromatic heterocycles. The number of sulfone groups is 1. The van der Waals surface area contributed by atoms with E-state index in [0.717, 1.165) is 12.8 Å². The van der Waals surface area contributed by atoms with Crippen molar-refractivity contribution in [3.63, 3.8) is 0 Å². The highest BCUT2D eigenvalue weighted by Gasteiger charge is 2.39. The molecule has 0 aromatic carbocycles. The Labute approximate surface area is 141 Å². The first-order valence-corrected chi connectivity index (χ1v) is 10.8. The van der Waals surface area contributed by atoms with Gasteiger partial charge in [-0.15, -0.1) is 0 Å². The van der Waals surface area contributed by atoms with Crippen LogP contribution in [0.5, 0.6) is 0 Å². The van der Waals surface area contributed by atoms with Gasteiger partial charge < -0.3 is 10.1 Å². The van der Waals surface area contributed by atoms with Crippen molar-refractivity contribution >= 4 is 15.9 Å². The van der Waals surface area contributed by atoms with E-state index in [1.165, 1.54) is 44.9 Å². The Balaban J connectivity index is 1.98. The average molecular weight is 348 g/mol. The minimum Gasteiger partial charge on any atom is -0.450 e. The number of carbonyl (C=O) groups is 1. The van der Waals surface area contributed by atoms with Gasteiger partial charge in [-0.25, -0.2) is 13.2 Å². The van der Waals surface area contributed by atoms with Crippen LogP contribution in [0.4, 0.5) is 4.79 Å². The smallest absolute Gasteiger partial charge is 0.407 e. The van der Waals surface area contributed by atoms with Crippen LogP contribution >= 0.6 is 0 Å². The molecule has 0 spiro atoms. The maximum absolute atomic E-state index is 11.7. The van der Waals surface area contributed by atoms with Gasteiger partial charge in [0.2, 0.25) is 0 Å². The second kappa shape index (κ2) is 10.2. The molecule has 0 radical (unpaired) electrons. The lowest BCUT2D eigenvalue weighted by atomic mass is 10.0. The van der Waals surface area contributed by atoms with E-state index in [1.54, 1.807) is 6.92 Å². The fraction of sp³-hybridized carbons (Fsp3) is 0.941. The molecule has 1 fully saturated rings. The van der Waals surface area contributed by atoms with Gasteiger partial charge in [0.25, 0.3) is 0 Å². The topological polar surface area (TPSA) is 72.5 Å². The maximum Gasteiger partial charge on any atom is 0.407 e. The van der Waals surface area contributed by atoms with Gasteiger partial charge in [-0.2, -0.15) is 0 Å². The molecular weight excluding hydrogens is 314 g/mol. The normalized spacial score (nSPS) is 22.9. The van der Waals surface area contributed by atoms with Crippen LogP contribution in [0.25, 0.3) is 0 Å². The van der Waals surface area contributed by atoms with Crippen LogP contribution in [-0.2, 0) is 14.6 Å². The van der Waals surface area contributed by atoms with E-state index in [2.05, 4.69) is 12.2 Å². The first-order valence-electron chi connectivity index (χ1n) is 9.02. The third-order valence-corrected chi connectivity index (χ3v) is 6.29. The molecule has 136 valence electrons. The minimum absolute atomic E-state index is 0.00707. The molecule has 23 heavy (non-hydrogen) atoms. The molecule has 5 nitrogen and oxygen atoms in total. The summed E-state index contributed by atoms with van der Waals surface area (Å²) in [5.74, 6) is 0.148. The van der Waals surface area contributed by atoms with Crippen LogP contribution in [-0.4, -0.2) is 38.2 Å². The van der Waals surface area contributed by atoms with Crippen LogP contribution in [0.1, 0.15) is 78.1 Å². The summed E-state index contributed by atoms with van der Waals surface area (Å²) in [6.45, 7) is 4.39. The molecule has 1 aliphatic rings. The van der Waals surface area contributed by atoms with Gasteiger partial charge in [0.05, 0.1) is 23.7 Å². The van der Waals surface area contributed by atoms with Crippen molar-refractivity contribution in [3.8, 4) is 0 Å². The van der Waals surface area contributed by atoms with Crippen LogP contribution in [0.3, 0.4) is 0 Å². The number of carbonyl (C=O) groups excluding carboxylic acids is 1. The Morgan fingerprint density at radius 3 is 2.13 bits per heavy atom. The van der Waals surface area contributed by atoms with Crippen LogP contribution in [0.15, 0.2) is 0 Å². The van der Waals surface area contributed by atoms with Crippen molar-refractivity contribution in [2.75, 3.05) is 18.1 Å². The van der Waals surface area contributed by atoms with Crippen molar-refractivity contribution in [3.05, 3.63) is 0 Å². The summed E-state index contributed by atoms with van der Waals surface area (Å²) in [7, 11) is -3.01. The Morgan fingerprint density at radius 2 is 1.61 bits per heavy atom. The van der Waals surface area contributed by atoms with E-state index in [0.29, 0.717) is 13.0 Å². The summed E-state index contributed by atoms with van der Waals surface area (Å²) >= 11 is 0. The number of hydrogen-bond acceptors (Lipinski definition) is 4. The van der Waals surface area contributed by atoms with E-state index in [9.17, 15) is 13.2 Å². The fourth-order valence-corrected chi connectivity index (χ4v) is 5.06. The summed E-state index contributed by atoms with van der Waals surface area (Å²) in [6.07, 6.45) is 10.9. The van der Waals surface area contributed by atoms with Crippen LogP contribution < -0.4 is 5.32 Å². The van der Waals surface area contributed by atoms with Crippen molar-refractivity contribution in [2.45, 2.75) is 83.6 Å². The van der Waals surface area contributed by atoms with Crippen molar-refractivity contribution in [2.24, 2.45) is 0 Å². The van der Waals surface area contributed by atoms with E-state index >= 15 is 0 Å². The molecule has 0 aliphatic carbocycles. The number of unbranched alkanes of at least 4 members (excludes halogenated alkanes) is 8. The fourth-order valence-electron chi connectivity index (χ4n) is 2.97. The van der Waals surface area contributed by atoms with Gasteiger partial charge in [-0.05, 0) is 19.8 Å². The molecule has 6 heteroatoms. The molecule has 1 atom stereocenters. The molecule has 1 saturated heterocycles. The molecule has 1 aliphatic heterocycles. The second-order valence-electron chi connectivity index (χ2n) is 6.99. The van der Waals surface area contributed by atoms with E-state index in [1.807, 2.05) is 0 Å². The SMILES string of the molecule is CCCCCCCCCCCOC(=O)NC1(C)CCS(=O)(=O)C1. The third kappa shape index (κ3) is 9.18. The second-order valence-corrected chi connectivity index (χ2v) is 9.18. The zero-order valence-electron chi connectivity index (χ0n) is 14.7. The zero-order valence-corrected chi connectivity index (χ0v) is 15.6. The molecular formula is C17H33NO4S. The lowest BCUT2D eigenvalue weighted by Gasteiger charge is -2.23. The van der Waals surface area contributed by atoms with Crippen molar-refractivity contribution < 1.29 is 17.9 Å². The molecule has 1 rings (SSSR count). The number of nitrogens with one attached hydrogen (secondary N) is 1. The predicted molar refractivity (Wildman–Crippen MR) is 93.4 cm³/mol. The molecule has 0 bridgehead atoms. The molecule has 1 unspecified atom stereocenters. The number of rotatable bonds is 11. The number of hydrogen-bond donors (Lipinski definition) is 1. The zero-order chi connectivity index (χ0) is 17.2. The Morgan fingerprint density at radius 1 is 1.04 bits per heavy atom. The van der Waals surface area contributed by atoms with Gasteiger partial charge >= 0.3 is 6.09 Å². The Hall–Kier alpha value is -0.780. The van der Waals surface area contributed by atoms with Crippen molar-refractivity contribution in [1.29, 1.82) is 0 Å². The van der Waals surface area contributed by atoms with Gasteiger partial charge in [0.15, 0.2) is 9.84 Å². The molecule has 1 N–H and O–H groups in total. The molecule has 0 saturated carbocycles. The summed E-state index contributed by atoms with van der Waals surface area (Å²) in [5, 5.41) is 2.70. The predicted octanol–water partition coefficient (Wildman–Crippen LogP) is 3.82. The third-order valence-electron chi connectivity index (χ3n) is 4.39. The largest absolute Gasteiger partial charge is 0.450 e. The number of ether oxygens (including phenoxy) is 1. The summed E-state index contributed by atoms with van der Waals surface area (Å²) in [6, 6.07) is 0. The van der Waals surface area contributed by atoms with Gasteiger partial charge in [0.1, 0.15) is 0 Å². The number of amides is 1. The summed E-state index contributed by atoms with van der Waals surface area (Å²) in [4.78, 5) is 11.7. The van der Waals surface area contributed by atoms with Crippen LogP contribution in [0, 0.1) is 0 Å². The summed E-state index contributed by atoms with van der Waals surface area (Å²) < 4.78 is 28.1.